The Morgan fingerprint density at radius 3 is 2.50 bits per heavy atom. The minimum atomic E-state index is -3.42. The molecule has 6 heteroatoms. The van der Waals surface area contributed by atoms with E-state index in [9.17, 15) is 8.42 Å². The van der Waals surface area contributed by atoms with Crippen LogP contribution in [0.4, 0.5) is 0 Å². The van der Waals surface area contributed by atoms with E-state index in [-0.39, 0.29) is 12.6 Å². The van der Waals surface area contributed by atoms with Crippen LogP contribution in [0.25, 0.3) is 0 Å². The fourth-order valence-corrected chi connectivity index (χ4v) is 5.69. The molecule has 0 bridgehead atoms. The topological polar surface area (TPSA) is 66.4 Å². The standard InChI is InChI=1S/C14H23NO3S2/c1-10-7-11(2)9-12(8-10)15-20(17,18)14-4-3-13(19-14)5-6-16/h3-4,10-12,15-16H,5-9H2,1-2H3. The second-order valence-corrected chi connectivity index (χ2v) is 9.04. The zero-order valence-corrected chi connectivity index (χ0v) is 13.6. The molecule has 2 rings (SSSR count). The molecule has 0 spiro atoms. The molecule has 20 heavy (non-hydrogen) atoms. The molecule has 0 amide bonds. The first-order valence-corrected chi connectivity index (χ1v) is 9.42. The van der Waals surface area contributed by atoms with Crippen molar-refractivity contribution in [3.8, 4) is 0 Å². The Hall–Kier alpha value is -0.430. The summed E-state index contributed by atoms with van der Waals surface area (Å²) < 4.78 is 27.9. The summed E-state index contributed by atoms with van der Waals surface area (Å²) in [5.41, 5.74) is 0. The number of sulfonamides is 1. The second kappa shape index (κ2) is 6.56. The van der Waals surface area contributed by atoms with E-state index in [0.29, 0.717) is 22.5 Å². The van der Waals surface area contributed by atoms with Crippen LogP contribution in [0.5, 0.6) is 0 Å². The summed E-state index contributed by atoms with van der Waals surface area (Å²) in [4.78, 5) is 0.901. The van der Waals surface area contributed by atoms with Crippen LogP contribution in [0.2, 0.25) is 0 Å². The van der Waals surface area contributed by atoms with Crippen LogP contribution in [0.15, 0.2) is 16.3 Å². The van der Waals surface area contributed by atoms with Crippen LogP contribution < -0.4 is 4.72 Å². The molecule has 1 aliphatic carbocycles. The molecule has 0 saturated heterocycles. The first-order chi connectivity index (χ1) is 9.40. The average molecular weight is 317 g/mol. The molecule has 1 saturated carbocycles. The molecule has 0 radical (unpaired) electrons. The Balaban J connectivity index is 2.06. The largest absolute Gasteiger partial charge is 0.396 e. The predicted molar refractivity (Wildman–Crippen MR) is 81.4 cm³/mol. The van der Waals surface area contributed by atoms with Gasteiger partial charge in [0, 0.05) is 23.9 Å². The summed E-state index contributed by atoms with van der Waals surface area (Å²) >= 11 is 1.24. The van der Waals surface area contributed by atoms with Crippen LogP contribution in [0.3, 0.4) is 0 Å². The zero-order chi connectivity index (χ0) is 14.8. The van der Waals surface area contributed by atoms with E-state index in [1.54, 1.807) is 12.1 Å². The SMILES string of the molecule is CC1CC(C)CC(NS(=O)(=O)c2ccc(CCO)s2)C1. The fraction of sp³-hybridized carbons (Fsp3) is 0.714. The summed E-state index contributed by atoms with van der Waals surface area (Å²) in [5.74, 6) is 1.14. The molecule has 2 atom stereocenters. The lowest BCUT2D eigenvalue weighted by atomic mass is 9.81. The molecule has 0 aromatic carbocycles. The molecule has 1 aromatic heterocycles. The molecule has 1 aromatic rings. The normalized spacial score (nSPS) is 27.6. The molecular formula is C14H23NO3S2. The highest BCUT2D eigenvalue weighted by atomic mass is 32.2. The third-order valence-corrected chi connectivity index (χ3v) is 6.92. The Morgan fingerprint density at radius 1 is 1.25 bits per heavy atom. The minimum Gasteiger partial charge on any atom is -0.396 e. The lowest BCUT2D eigenvalue weighted by molar-refractivity contribution is 0.258. The Labute approximate surface area is 125 Å². The second-order valence-electron chi connectivity index (χ2n) is 5.93. The molecule has 0 aliphatic heterocycles. The lowest BCUT2D eigenvalue weighted by Gasteiger charge is -2.31. The lowest BCUT2D eigenvalue weighted by Crippen LogP contribution is -2.39. The molecule has 4 nitrogen and oxygen atoms in total. The van der Waals surface area contributed by atoms with Crippen LogP contribution in [-0.2, 0) is 16.4 Å². The molecule has 2 unspecified atom stereocenters. The Bertz CT molecular complexity index is 528. The Kier molecular flexibility index (Phi) is 5.23. The molecule has 114 valence electrons. The van der Waals surface area contributed by atoms with Gasteiger partial charge in [0.1, 0.15) is 4.21 Å². The van der Waals surface area contributed by atoms with Gasteiger partial charge in [0.05, 0.1) is 0 Å². The van der Waals surface area contributed by atoms with E-state index in [2.05, 4.69) is 18.6 Å². The zero-order valence-electron chi connectivity index (χ0n) is 12.0. The van der Waals surface area contributed by atoms with Crippen molar-refractivity contribution in [3.63, 3.8) is 0 Å². The number of thiophene rings is 1. The summed E-state index contributed by atoms with van der Waals surface area (Å²) in [6.45, 7) is 4.41. The molecule has 1 fully saturated rings. The van der Waals surface area contributed by atoms with Crippen molar-refractivity contribution in [3.05, 3.63) is 17.0 Å². The number of hydrogen-bond acceptors (Lipinski definition) is 4. The van der Waals surface area contributed by atoms with Crippen molar-refractivity contribution in [1.82, 2.24) is 4.72 Å². The number of aliphatic hydroxyl groups excluding tert-OH is 1. The minimum absolute atomic E-state index is 0.0436. The number of nitrogens with one attached hydrogen (secondary N) is 1. The van der Waals surface area contributed by atoms with E-state index in [0.717, 1.165) is 17.7 Å². The maximum absolute atomic E-state index is 12.4. The number of aliphatic hydroxyl groups is 1. The number of hydrogen-bond donors (Lipinski definition) is 2. The van der Waals surface area contributed by atoms with Gasteiger partial charge in [0.15, 0.2) is 0 Å². The van der Waals surface area contributed by atoms with Crippen molar-refractivity contribution >= 4 is 21.4 Å². The van der Waals surface area contributed by atoms with Gasteiger partial charge in [-0.1, -0.05) is 13.8 Å². The van der Waals surface area contributed by atoms with Crippen LogP contribution in [-0.4, -0.2) is 26.2 Å². The Morgan fingerprint density at radius 2 is 1.90 bits per heavy atom. The summed E-state index contributed by atoms with van der Waals surface area (Å²) in [6, 6.07) is 3.46. The van der Waals surface area contributed by atoms with Gasteiger partial charge in [0.2, 0.25) is 10.0 Å². The first-order valence-electron chi connectivity index (χ1n) is 7.12. The fourth-order valence-electron chi connectivity index (χ4n) is 3.07. The van der Waals surface area contributed by atoms with Gasteiger partial charge in [-0.15, -0.1) is 11.3 Å². The number of rotatable bonds is 5. The van der Waals surface area contributed by atoms with E-state index in [1.165, 1.54) is 17.8 Å². The molecular weight excluding hydrogens is 294 g/mol. The van der Waals surface area contributed by atoms with Gasteiger partial charge in [-0.05, 0) is 43.2 Å². The molecule has 1 heterocycles. The van der Waals surface area contributed by atoms with E-state index >= 15 is 0 Å². The van der Waals surface area contributed by atoms with Gasteiger partial charge in [-0.3, -0.25) is 0 Å². The van der Waals surface area contributed by atoms with Crippen LogP contribution in [0.1, 0.15) is 38.0 Å². The van der Waals surface area contributed by atoms with Gasteiger partial charge in [-0.2, -0.15) is 0 Å². The van der Waals surface area contributed by atoms with Crippen molar-refractivity contribution < 1.29 is 13.5 Å². The quantitative estimate of drug-likeness (QED) is 0.876. The van der Waals surface area contributed by atoms with E-state index in [4.69, 9.17) is 5.11 Å². The van der Waals surface area contributed by atoms with Gasteiger partial charge >= 0.3 is 0 Å². The molecule has 1 aliphatic rings. The van der Waals surface area contributed by atoms with Crippen molar-refractivity contribution in [2.75, 3.05) is 6.61 Å². The average Bonchev–Trinajstić information content (AvgIpc) is 2.76. The van der Waals surface area contributed by atoms with Crippen molar-refractivity contribution in [2.24, 2.45) is 11.8 Å². The smallest absolute Gasteiger partial charge is 0.250 e. The molecule has 2 N–H and O–H groups in total. The summed E-state index contributed by atoms with van der Waals surface area (Å²) in [5, 5.41) is 8.89. The van der Waals surface area contributed by atoms with Crippen molar-refractivity contribution in [1.29, 1.82) is 0 Å². The van der Waals surface area contributed by atoms with Crippen LogP contribution >= 0.6 is 11.3 Å². The monoisotopic (exact) mass is 317 g/mol. The maximum atomic E-state index is 12.4. The summed E-state index contributed by atoms with van der Waals surface area (Å²) in [7, 11) is -3.42. The highest BCUT2D eigenvalue weighted by molar-refractivity contribution is 7.91. The van der Waals surface area contributed by atoms with E-state index in [1.807, 2.05) is 0 Å². The predicted octanol–water partition coefficient (Wildman–Crippen LogP) is 2.39. The highest BCUT2D eigenvalue weighted by Gasteiger charge is 2.28. The van der Waals surface area contributed by atoms with Crippen LogP contribution in [0, 0.1) is 11.8 Å². The van der Waals surface area contributed by atoms with Gasteiger partial charge in [0.25, 0.3) is 0 Å². The highest BCUT2D eigenvalue weighted by Crippen LogP contribution is 2.30. The first kappa shape index (κ1) is 15.9. The van der Waals surface area contributed by atoms with Gasteiger partial charge < -0.3 is 5.11 Å². The third kappa shape index (κ3) is 4.04. The third-order valence-electron chi connectivity index (χ3n) is 3.76. The van der Waals surface area contributed by atoms with Crippen molar-refractivity contribution in [2.45, 2.75) is 49.8 Å². The summed E-state index contributed by atoms with van der Waals surface area (Å²) in [6.07, 6.45) is 3.52. The van der Waals surface area contributed by atoms with E-state index < -0.39 is 10.0 Å². The van der Waals surface area contributed by atoms with Gasteiger partial charge in [-0.25, -0.2) is 13.1 Å². The maximum Gasteiger partial charge on any atom is 0.250 e.